The number of hydrogen-bond acceptors (Lipinski definition) is 5. The molecule has 7 heteroatoms. The third kappa shape index (κ3) is 3.01. The maximum Gasteiger partial charge on any atom is 0.331 e. The van der Waals surface area contributed by atoms with Gasteiger partial charge < -0.3 is 10.1 Å². The molecule has 1 saturated carbocycles. The minimum Gasteiger partial charge on any atom is -0.467 e. The highest BCUT2D eigenvalue weighted by atomic mass is 16.5. The molecule has 7 nitrogen and oxygen atoms in total. The molecule has 0 spiro atoms. The maximum atomic E-state index is 12.5. The van der Waals surface area contributed by atoms with Gasteiger partial charge in [0.1, 0.15) is 12.1 Å². The Balaban J connectivity index is 1.73. The Morgan fingerprint density at radius 3 is 2.16 bits per heavy atom. The molecule has 1 aliphatic carbocycles. The SMILES string of the molecule is COC(=O)C1(NC(=O)CN2C(=O)c3ccccc3C2=O)CCCCC1. The van der Waals surface area contributed by atoms with Crippen LogP contribution in [0.4, 0.5) is 0 Å². The molecular formula is C18H20N2O5. The number of carbonyl (C=O) groups is 4. The zero-order chi connectivity index (χ0) is 18.0. The Bertz CT molecular complexity index is 702. The van der Waals surface area contributed by atoms with Crippen molar-refractivity contribution in [2.24, 2.45) is 0 Å². The van der Waals surface area contributed by atoms with Gasteiger partial charge in [0, 0.05) is 0 Å². The van der Waals surface area contributed by atoms with Crippen LogP contribution in [0.1, 0.15) is 52.8 Å². The third-order valence-electron chi connectivity index (χ3n) is 4.84. The standard InChI is InChI=1S/C18H20N2O5/c1-25-17(24)18(9-5-2-6-10-18)19-14(21)11-20-15(22)12-7-3-4-8-13(12)16(20)23/h3-4,7-8H,2,5-6,9-11H2,1H3,(H,19,21). The quantitative estimate of drug-likeness (QED) is 0.656. The van der Waals surface area contributed by atoms with E-state index < -0.39 is 35.8 Å². The Hall–Kier alpha value is -2.70. The summed E-state index contributed by atoms with van der Waals surface area (Å²) in [5, 5.41) is 2.72. The molecule has 3 rings (SSSR count). The average molecular weight is 344 g/mol. The highest BCUT2D eigenvalue weighted by molar-refractivity contribution is 6.22. The van der Waals surface area contributed by atoms with Crippen LogP contribution in [-0.4, -0.2) is 47.8 Å². The number of methoxy groups -OCH3 is 1. The van der Waals surface area contributed by atoms with Crippen LogP contribution in [0.5, 0.6) is 0 Å². The van der Waals surface area contributed by atoms with E-state index >= 15 is 0 Å². The fraction of sp³-hybridized carbons (Fsp3) is 0.444. The van der Waals surface area contributed by atoms with Crippen molar-refractivity contribution < 1.29 is 23.9 Å². The van der Waals surface area contributed by atoms with E-state index in [1.54, 1.807) is 24.3 Å². The number of ether oxygens (including phenoxy) is 1. The number of nitrogens with zero attached hydrogens (tertiary/aromatic N) is 1. The van der Waals surface area contributed by atoms with E-state index in [1.165, 1.54) is 7.11 Å². The lowest BCUT2D eigenvalue weighted by Gasteiger charge is -2.35. The molecule has 0 aromatic heterocycles. The van der Waals surface area contributed by atoms with Crippen molar-refractivity contribution in [3.05, 3.63) is 35.4 Å². The molecule has 0 bridgehead atoms. The Morgan fingerprint density at radius 1 is 1.08 bits per heavy atom. The predicted molar refractivity (Wildman–Crippen MR) is 87.8 cm³/mol. The molecular weight excluding hydrogens is 324 g/mol. The number of benzene rings is 1. The topological polar surface area (TPSA) is 92.8 Å². The van der Waals surface area contributed by atoms with Gasteiger partial charge in [0.05, 0.1) is 18.2 Å². The fourth-order valence-electron chi connectivity index (χ4n) is 3.56. The molecule has 1 N–H and O–H groups in total. The second kappa shape index (κ2) is 6.66. The van der Waals surface area contributed by atoms with Gasteiger partial charge in [-0.15, -0.1) is 0 Å². The molecule has 1 aromatic carbocycles. The molecule has 1 heterocycles. The van der Waals surface area contributed by atoms with Gasteiger partial charge in [-0.25, -0.2) is 4.79 Å². The number of rotatable bonds is 4. The van der Waals surface area contributed by atoms with Gasteiger partial charge >= 0.3 is 5.97 Å². The van der Waals surface area contributed by atoms with Crippen LogP contribution in [-0.2, 0) is 14.3 Å². The monoisotopic (exact) mass is 344 g/mol. The summed E-state index contributed by atoms with van der Waals surface area (Å²) in [4.78, 5) is 50.2. The zero-order valence-electron chi connectivity index (χ0n) is 14.0. The first-order chi connectivity index (χ1) is 12.0. The van der Waals surface area contributed by atoms with Crippen LogP contribution in [0.25, 0.3) is 0 Å². The number of fused-ring (bicyclic) bond motifs is 1. The van der Waals surface area contributed by atoms with E-state index in [4.69, 9.17) is 4.74 Å². The van der Waals surface area contributed by atoms with Crippen molar-refractivity contribution in [1.29, 1.82) is 0 Å². The highest BCUT2D eigenvalue weighted by Crippen LogP contribution is 2.29. The molecule has 1 aliphatic heterocycles. The van der Waals surface area contributed by atoms with E-state index in [-0.39, 0.29) is 0 Å². The summed E-state index contributed by atoms with van der Waals surface area (Å²) in [6, 6.07) is 6.46. The number of hydrogen-bond donors (Lipinski definition) is 1. The molecule has 0 radical (unpaired) electrons. The van der Waals surface area contributed by atoms with Crippen molar-refractivity contribution in [2.75, 3.05) is 13.7 Å². The normalized spacial score (nSPS) is 18.7. The average Bonchev–Trinajstić information content (AvgIpc) is 2.87. The second-order valence-electron chi connectivity index (χ2n) is 6.42. The van der Waals surface area contributed by atoms with Gasteiger partial charge in [0.15, 0.2) is 0 Å². The molecule has 132 valence electrons. The van der Waals surface area contributed by atoms with Crippen molar-refractivity contribution in [1.82, 2.24) is 10.2 Å². The first-order valence-corrected chi connectivity index (χ1v) is 8.33. The summed E-state index contributed by atoms with van der Waals surface area (Å²) >= 11 is 0. The largest absolute Gasteiger partial charge is 0.467 e. The van der Waals surface area contributed by atoms with E-state index in [0.717, 1.165) is 24.2 Å². The Morgan fingerprint density at radius 2 is 1.64 bits per heavy atom. The van der Waals surface area contributed by atoms with E-state index in [0.29, 0.717) is 24.0 Å². The van der Waals surface area contributed by atoms with Gasteiger partial charge in [-0.05, 0) is 25.0 Å². The van der Waals surface area contributed by atoms with Gasteiger partial charge in [0.2, 0.25) is 5.91 Å². The Kier molecular flexibility index (Phi) is 4.57. The first-order valence-electron chi connectivity index (χ1n) is 8.33. The number of esters is 1. The summed E-state index contributed by atoms with van der Waals surface area (Å²) in [5.41, 5.74) is -0.482. The zero-order valence-corrected chi connectivity index (χ0v) is 14.0. The molecule has 1 fully saturated rings. The second-order valence-corrected chi connectivity index (χ2v) is 6.42. The summed E-state index contributed by atoms with van der Waals surface area (Å²) in [5.74, 6) is -2.01. The molecule has 25 heavy (non-hydrogen) atoms. The summed E-state index contributed by atoms with van der Waals surface area (Å²) < 4.78 is 4.86. The van der Waals surface area contributed by atoms with Crippen LogP contribution < -0.4 is 5.32 Å². The highest BCUT2D eigenvalue weighted by Gasteiger charge is 2.43. The maximum absolute atomic E-state index is 12.5. The predicted octanol–water partition coefficient (Wildman–Crippen LogP) is 1.27. The minimum absolute atomic E-state index is 0.292. The van der Waals surface area contributed by atoms with Crippen molar-refractivity contribution in [3.8, 4) is 0 Å². The number of amides is 3. The van der Waals surface area contributed by atoms with Crippen LogP contribution in [0, 0.1) is 0 Å². The molecule has 1 aromatic rings. The van der Waals surface area contributed by atoms with Crippen molar-refractivity contribution in [2.45, 2.75) is 37.6 Å². The van der Waals surface area contributed by atoms with Crippen molar-refractivity contribution in [3.63, 3.8) is 0 Å². The van der Waals surface area contributed by atoms with Crippen LogP contribution in [0.2, 0.25) is 0 Å². The number of carbonyl (C=O) groups excluding carboxylic acids is 4. The smallest absolute Gasteiger partial charge is 0.331 e. The van der Waals surface area contributed by atoms with Gasteiger partial charge in [-0.1, -0.05) is 31.4 Å². The molecule has 0 saturated heterocycles. The summed E-state index contributed by atoms with van der Waals surface area (Å²) in [6.07, 6.45) is 3.60. The summed E-state index contributed by atoms with van der Waals surface area (Å²) in [6.45, 7) is -0.412. The van der Waals surface area contributed by atoms with Crippen LogP contribution >= 0.6 is 0 Å². The molecule has 0 atom stereocenters. The van der Waals surface area contributed by atoms with Gasteiger partial charge in [-0.3, -0.25) is 19.3 Å². The lowest BCUT2D eigenvalue weighted by molar-refractivity contribution is -0.152. The van der Waals surface area contributed by atoms with Crippen LogP contribution in [0.15, 0.2) is 24.3 Å². The summed E-state index contributed by atoms with van der Waals surface area (Å²) in [7, 11) is 1.29. The van der Waals surface area contributed by atoms with Gasteiger partial charge in [-0.2, -0.15) is 0 Å². The molecule has 0 unspecified atom stereocenters. The first kappa shape index (κ1) is 17.1. The lowest BCUT2D eigenvalue weighted by atomic mass is 9.81. The van der Waals surface area contributed by atoms with Crippen LogP contribution in [0.3, 0.4) is 0 Å². The van der Waals surface area contributed by atoms with Crippen molar-refractivity contribution >= 4 is 23.7 Å². The molecule has 2 aliphatic rings. The minimum atomic E-state index is -1.07. The van der Waals surface area contributed by atoms with E-state index in [2.05, 4.69) is 5.32 Å². The number of nitrogens with one attached hydrogen (secondary N) is 1. The Labute approximate surface area is 145 Å². The third-order valence-corrected chi connectivity index (χ3v) is 4.84. The lowest BCUT2D eigenvalue weighted by Crippen LogP contribution is -2.58. The van der Waals surface area contributed by atoms with E-state index in [9.17, 15) is 19.2 Å². The fourth-order valence-corrected chi connectivity index (χ4v) is 3.56. The van der Waals surface area contributed by atoms with Gasteiger partial charge in [0.25, 0.3) is 11.8 Å². The number of imide groups is 1. The van der Waals surface area contributed by atoms with E-state index in [1.807, 2.05) is 0 Å². The molecule has 3 amide bonds.